The number of carboxylic acid groups (broad SMARTS) is 1. The summed E-state index contributed by atoms with van der Waals surface area (Å²) in [6.45, 7) is 3.17. The summed E-state index contributed by atoms with van der Waals surface area (Å²) < 4.78 is 18.9. The monoisotopic (exact) mass is 383 g/mol. The predicted octanol–water partition coefficient (Wildman–Crippen LogP) is 1.45. The van der Waals surface area contributed by atoms with Gasteiger partial charge >= 0.3 is 18.0 Å². The second-order valence-electron chi connectivity index (χ2n) is 5.64. The number of hydrogen-bond donors (Lipinski definition) is 3. The average Bonchev–Trinajstić information content (AvgIpc) is 2.59. The quantitative estimate of drug-likeness (QED) is 0.584. The van der Waals surface area contributed by atoms with Crippen molar-refractivity contribution in [2.45, 2.75) is 26.3 Å². The van der Waals surface area contributed by atoms with Crippen molar-refractivity contribution in [2.75, 3.05) is 25.5 Å². The highest BCUT2D eigenvalue weighted by molar-refractivity contribution is 5.97. The van der Waals surface area contributed by atoms with Crippen LogP contribution in [-0.4, -0.2) is 60.1 Å². The van der Waals surface area contributed by atoms with E-state index < -0.39 is 35.7 Å². The van der Waals surface area contributed by atoms with E-state index in [4.69, 9.17) is 9.84 Å². The minimum atomic E-state index is -1.05. The first-order valence-corrected chi connectivity index (χ1v) is 8.16. The molecule has 9 nitrogen and oxygen atoms in total. The van der Waals surface area contributed by atoms with Crippen LogP contribution in [0.3, 0.4) is 0 Å². The molecular formula is C17H22FN3O6. The van der Waals surface area contributed by atoms with Crippen molar-refractivity contribution < 1.29 is 33.4 Å². The Balaban J connectivity index is 2.73. The van der Waals surface area contributed by atoms with Gasteiger partial charge in [-0.1, -0.05) is 0 Å². The number of carbonyl (C=O) groups is 4. The van der Waals surface area contributed by atoms with Gasteiger partial charge in [0.15, 0.2) is 0 Å². The number of esters is 1. The van der Waals surface area contributed by atoms with Crippen LogP contribution in [0.2, 0.25) is 0 Å². The Morgan fingerprint density at radius 2 is 1.96 bits per heavy atom. The minimum absolute atomic E-state index is 0.0180. The molecule has 0 radical (unpaired) electrons. The first-order chi connectivity index (χ1) is 12.6. The number of halogens is 1. The van der Waals surface area contributed by atoms with Crippen LogP contribution in [0.25, 0.3) is 0 Å². The molecule has 0 spiro atoms. The van der Waals surface area contributed by atoms with Gasteiger partial charge in [0.25, 0.3) is 5.91 Å². The number of nitrogens with one attached hydrogen (secondary N) is 2. The molecule has 10 heteroatoms. The molecular weight excluding hydrogens is 361 g/mol. The summed E-state index contributed by atoms with van der Waals surface area (Å²) in [5.74, 6) is -3.38. The molecule has 148 valence electrons. The number of rotatable bonds is 8. The molecule has 0 saturated heterocycles. The van der Waals surface area contributed by atoms with E-state index in [-0.39, 0.29) is 30.8 Å². The third-order valence-corrected chi connectivity index (χ3v) is 3.46. The zero-order valence-electron chi connectivity index (χ0n) is 15.2. The molecule has 1 unspecified atom stereocenters. The molecule has 0 aliphatic carbocycles. The highest BCUT2D eigenvalue weighted by Gasteiger charge is 2.20. The highest BCUT2D eigenvalue weighted by atomic mass is 19.1. The Bertz CT molecular complexity index is 725. The summed E-state index contributed by atoms with van der Waals surface area (Å²) >= 11 is 0. The SMILES string of the molecule is CCOC(=O)C(C)NC(=O)c1ccc(NC(=O)N(C)CCC(=O)O)cc1F. The first-order valence-electron chi connectivity index (χ1n) is 8.16. The van der Waals surface area contributed by atoms with E-state index in [1.54, 1.807) is 6.92 Å². The molecule has 0 bridgehead atoms. The lowest BCUT2D eigenvalue weighted by atomic mass is 10.1. The van der Waals surface area contributed by atoms with Crippen molar-refractivity contribution in [1.29, 1.82) is 0 Å². The summed E-state index contributed by atoms with van der Waals surface area (Å²) in [5, 5.41) is 13.3. The smallest absolute Gasteiger partial charge is 0.328 e. The Morgan fingerprint density at radius 3 is 2.52 bits per heavy atom. The average molecular weight is 383 g/mol. The number of nitrogens with zero attached hydrogens (tertiary/aromatic N) is 1. The molecule has 0 aliphatic rings. The molecule has 27 heavy (non-hydrogen) atoms. The van der Waals surface area contributed by atoms with E-state index in [9.17, 15) is 23.6 Å². The lowest BCUT2D eigenvalue weighted by Crippen LogP contribution is -2.39. The third kappa shape index (κ3) is 6.92. The predicted molar refractivity (Wildman–Crippen MR) is 93.9 cm³/mol. The number of carbonyl (C=O) groups excluding carboxylic acids is 3. The fourth-order valence-electron chi connectivity index (χ4n) is 1.96. The molecule has 1 aromatic carbocycles. The van der Waals surface area contributed by atoms with Crippen molar-refractivity contribution in [3.63, 3.8) is 0 Å². The number of aliphatic carboxylic acids is 1. The number of benzene rings is 1. The van der Waals surface area contributed by atoms with Gasteiger partial charge in [0.05, 0.1) is 18.6 Å². The summed E-state index contributed by atoms with van der Waals surface area (Å²) in [5.41, 5.74) is -0.210. The number of ether oxygens (including phenoxy) is 1. The molecule has 0 aromatic heterocycles. The minimum Gasteiger partial charge on any atom is -0.481 e. The summed E-state index contributed by atoms with van der Waals surface area (Å²) in [7, 11) is 1.40. The van der Waals surface area contributed by atoms with Crippen molar-refractivity contribution >= 4 is 29.6 Å². The largest absolute Gasteiger partial charge is 0.481 e. The standard InChI is InChI=1S/C17H22FN3O6/c1-4-27-16(25)10(2)19-15(24)12-6-5-11(9-13(12)18)20-17(26)21(3)8-7-14(22)23/h5-6,9-10H,4,7-8H2,1-3H3,(H,19,24)(H,20,26)(H,22,23). The summed E-state index contributed by atoms with van der Waals surface area (Å²) in [6.07, 6.45) is -0.226. The van der Waals surface area contributed by atoms with E-state index >= 15 is 0 Å². The maximum atomic E-state index is 14.2. The maximum absolute atomic E-state index is 14.2. The zero-order valence-corrected chi connectivity index (χ0v) is 15.2. The van der Waals surface area contributed by atoms with E-state index in [0.717, 1.165) is 17.0 Å². The fourth-order valence-corrected chi connectivity index (χ4v) is 1.96. The van der Waals surface area contributed by atoms with E-state index in [2.05, 4.69) is 10.6 Å². The van der Waals surface area contributed by atoms with Gasteiger partial charge in [0.1, 0.15) is 11.9 Å². The zero-order chi connectivity index (χ0) is 20.6. The second-order valence-corrected chi connectivity index (χ2v) is 5.64. The molecule has 1 aromatic rings. The van der Waals surface area contributed by atoms with E-state index in [1.165, 1.54) is 20.0 Å². The van der Waals surface area contributed by atoms with Crippen LogP contribution in [0.5, 0.6) is 0 Å². The van der Waals surface area contributed by atoms with E-state index in [0.29, 0.717) is 0 Å². The highest BCUT2D eigenvalue weighted by Crippen LogP contribution is 2.15. The van der Waals surface area contributed by atoms with E-state index in [1.807, 2.05) is 0 Å². The lowest BCUT2D eigenvalue weighted by Gasteiger charge is -2.17. The molecule has 1 atom stereocenters. The van der Waals surface area contributed by atoms with Gasteiger partial charge in [0.2, 0.25) is 0 Å². The van der Waals surface area contributed by atoms with Crippen molar-refractivity contribution in [1.82, 2.24) is 10.2 Å². The van der Waals surface area contributed by atoms with Crippen LogP contribution >= 0.6 is 0 Å². The van der Waals surface area contributed by atoms with Gasteiger partial charge in [-0.2, -0.15) is 0 Å². The van der Waals surface area contributed by atoms with Crippen LogP contribution < -0.4 is 10.6 Å². The molecule has 0 aliphatic heterocycles. The van der Waals surface area contributed by atoms with Gasteiger partial charge < -0.3 is 25.4 Å². The summed E-state index contributed by atoms with van der Waals surface area (Å²) in [4.78, 5) is 47.1. The maximum Gasteiger partial charge on any atom is 0.328 e. The van der Waals surface area contributed by atoms with Crippen molar-refractivity contribution in [2.24, 2.45) is 0 Å². The number of anilines is 1. The van der Waals surface area contributed by atoms with Crippen LogP contribution in [0.4, 0.5) is 14.9 Å². The van der Waals surface area contributed by atoms with Gasteiger partial charge in [-0.25, -0.2) is 14.0 Å². The normalized spacial score (nSPS) is 11.3. The van der Waals surface area contributed by atoms with Crippen LogP contribution in [0, 0.1) is 5.82 Å². The molecule has 3 N–H and O–H groups in total. The number of urea groups is 1. The van der Waals surface area contributed by atoms with Crippen LogP contribution in [0.15, 0.2) is 18.2 Å². The molecule has 0 saturated carbocycles. The number of carboxylic acids is 1. The van der Waals surface area contributed by atoms with Gasteiger partial charge in [-0.3, -0.25) is 9.59 Å². The fraction of sp³-hybridized carbons (Fsp3) is 0.412. The Morgan fingerprint density at radius 1 is 1.30 bits per heavy atom. The Kier molecular flexibility index (Phi) is 8.18. The van der Waals surface area contributed by atoms with Crippen molar-refractivity contribution in [3.05, 3.63) is 29.6 Å². The van der Waals surface area contributed by atoms with Gasteiger partial charge in [0, 0.05) is 19.3 Å². The molecule has 0 fully saturated rings. The third-order valence-electron chi connectivity index (χ3n) is 3.46. The lowest BCUT2D eigenvalue weighted by molar-refractivity contribution is -0.145. The topological polar surface area (TPSA) is 125 Å². The number of hydrogen-bond acceptors (Lipinski definition) is 5. The Labute approximate surface area is 155 Å². The molecule has 3 amide bonds. The number of amides is 3. The van der Waals surface area contributed by atoms with Crippen LogP contribution in [0.1, 0.15) is 30.6 Å². The van der Waals surface area contributed by atoms with Gasteiger partial charge in [-0.05, 0) is 32.0 Å². The molecule has 0 heterocycles. The first kappa shape index (κ1) is 21.9. The molecule has 1 rings (SSSR count). The van der Waals surface area contributed by atoms with Crippen LogP contribution in [-0.2, 0) is 14.3 Å². The second kappa shape index (κ2) is 10.1. The van der Waals surface area contributed by atoms with Gasteiger partial charge in [-0.15, -0.1) is 0 Å². The van der Waals surface area contributed by atoms with Crippen molar-refractivity contribution in [3.8, 4) is 0 Å². The summed E-state index contributed by atoms with van der Waals surface area (Å²) in [6, 6.07) is 1.86. The Hall–Kier alpha value is -3.17.